The van der Waals surface area contributed by atoms with Crippen molar-refractivity contribution < 1.29 is 14.3 Å². The number of fused-ring (bicyclic) bond motifs is 2. The van der Waals surface area contributed by atoms with Crippen LogP contribution in [0, 0.1) is 11.8 Å². The van der Waals surface area contributed by atoms with Crippen LogP contribution < -0.4 is 5.32 Å². The number of likely N-dealkylation sites (tertiary alicyclic amines) is 1. The number of aromatic amines is 1. The van der Waals surface area contributed by atoms with Gasteiger partial charge in [-0.05, 0) is 30.2 Å². The number of anilines is 1. The van der Waals surface area contributed by atoms with Crippen LogP contribution in [0.5, 0.6) is 0 Å². The molecule has 2 aromatic carbocycles. The first-order chi connectivity index (χ1) is 15.6. The lowest BCUT2D eigenvalue weighted by molar-refractivity contribution is -0.135. The molecular weight excluding hydrogens is 426 g/mol. The SMILES string of the molecule is O=C(Nc1ccccc1Cl)C1C2C(=O)N(CCc3c[nH]c4ccccc34)CC23C=C[C@H]1O3. The fraction of sp³-hybridized carbons (Fsp3) is 0.280. The molecule has 2 N–H and O–H groups in total. The molecule has 0 radical (unpaired) electrons. The lowest BCUT2D eigenvalue weighted by Gasteiger charge is -2.23. The van der Waals surface area contributed by atoms with Gasteiger partial charge in [0.15, 0.2) is 0 Å². The fourth-order valence-corrected chi connectivity index (χ4v) is 5.62. The molecule has 0 saturated carbocycles. The van der Waals surface area contributed by atoms with Crippen molar-refractivity contribution >= 4 is 40.0 Å². The molecule has 2 amide bonds. The van der Waals surface area contributed by atoms with Gasteiger partial charge >= 0.3 is 0 Å². The minimum atomic E-state index is -0.718. The van der Waals surface area contributed by atoms with Gasteiger partial charge in [0.25, 0.3) is 0 Å². The predicted octanol–water partition coefficient (Wildman–Crippen LogP) is 3.78. The summed E-state index contributed by atoms with van der Waals surface area (Å²) in [6.07, 6.45) is 6.26. The quantitative estimate of drug-likeness (QED) is 0.584. The van der Waals surface area contributed by atoms with Crippen molar-refractivity contribution in [1.29, 1.82) is 0 Å². The maximum absolute atomic E-state index is 13.4. The van der Waals surface area contributed by atoms with Crippen LogP contribution in [0.15, 0.2) is 66.9 Å². The number of amides is 2. The Kier molecular flexibility index (Phi) is 4.42. The fourth-order valence-electron chi connectivity index (χ4n) is 5.44. The van der Waals surface area contributed by atoms with E-state index in [9.17, 15) is 9.59 Å². The van der Waals surface area contributed by atoms with E-state index < -0.39 is 17.4 Å². The Labute approximate surface area is 190 Å². The smallest absolute Gasteiger partial charge is 0.231 e. The second-order valence-electron chi connectivity index (χ2n) is 8.74. The monoisotopic (exact) mass is 447 g/mol. The third-order valence-electron chi connectivity index (χ3n) is 6.94. The summed E-state index contributed by atoms with van der Waals surface area (Å²) in [5.41, 5.74) is 2.09. The van der Waals surface area contributed by atoms with Gasteiger partial charge in [-0.1, -0.05) is 54.1 Å². The van der Waals surface area contributed by atoms with Crippen molar-refractivity contribution in [1.82, 2.24) is 9.88 Å². The van der Waals surface area contributed by atoms with Crippen LogP contribution in [0.1, 0.15) is 5.56 Å². The first-order valence-corrected chi connectivity index (χ1v) is 11.2. The number of H-pyrrole nitrogens is 1. The average molecular weight is 448 g/mol. The number of nitrogens with one attached hydrogen (secondary N) is 2. The summed E-state index contributed by atoms with van der Waals surface area (Å²) in [7, 11) is 0. The Morgan fingerprint density at radius 3 is 2.91 bits per heavy atom. The molecule has 162 valence electrons. The Hall–Kier alpha value is -3.09. The van der Waals surface area contributed by atoms with Crippen LogP contribution in [-0.4, -0.2) is 46.5 Å². The highest BCUT2D eigenvalue weighted by Gasteiger charge is 2.66. The maximum Gasteiger partial charge on any atom is 0.231 e. The minimum absolute atomic E-state index is 0.0176. The van der Waals surface area contributed by atoms with Crippen LogP contribution in [0.2, 0.25) is 5.02 Å². The zero-order valence-electron chi connectivity index (χ0n) is 17.3. The first-order valence-electron chi connectivity index (χ1n) is 10.8. The topological polar surface area (TPSA) is 74.4 Å². The summed E-state index contributed by atoms with van der Waals surface area (Å²) in [6.45, 7) is 1.06. The molecular formula is C25H22ClN3O3. The Morgan fingerprint density at radius 1 is 1.22 bits per heavy atom. The summed E-state index contributed by atoms with van der Waals surface area (Å²) in [4.78, 5) is 31.7. The van der Waals surface area contributed by atoms with E-state index >= 15 is 0 Å². The zero-order valence-corrected chi connectivity index (χ0v) is 18.0. The molecule has 3 aromatic rings. The number of rotatable bonds is 5. The van der Waals surface area contributed by atoms with Gasteiger partial charge in [0.2, 0.25) is 11.8 Å². The Morgan fingerprint density at radius 2 is 2.03 bits per heavy atom. The van der Waals surface area contributed by atoms with E-state index in [1.54, 1.807) is 12.1 Å². The molecule has 0 aliphatic carbocycles. The minimum Gasteiger partial charge on any atom is -0.361 e. The van der Waals surface area contributed by atoms with E-state index in [2.05, 4.69) is 16.4 Å². The molecule has 2 bridgehead atoms. The van der Waals surface area contributed by atoms with Crippen molar-refractivity contribution in [3.63, 3.8) is 0 Å². The van der Waals surface area contributed by atoms with Crippen molar-refractivity contribution in [3.05, 3.63) is 77.5 Å². The van der Waals surface area contributed by atoms with Crippen LogP contribution >= 0.6 is 11.6 Å². The van der Waals surface area contributed by atoms with E-state index in [1.807, 2.05) is 53.6 Å². The van der Waals surface area contributed by atoms with Gasteiger partial charge in [0, 0.05) is 23.6 Å². The molecule has 7 heteroatoms. The van der Waals surface area contributed by atoms with Crippen LogP contribution in [0.3, 0.4) is 0 Å². The summed E-state index contributed by atoms with van der Waals surface area (Å²) >= 11 is 6.21. The van der Waals surface area contributed by atoms with E-state index in [0.717, 1.165) is 11.9 Å². The lowest BCUT2D eigenvalue weighted by Crippen LogP contribution is -2.41. The molecule has 4 heterocycles. The second kappa shape index (κ2) is 7.22. The second-order valence-corrected chi connectivity index (χ2v) is 9.15. The van der Waals surface area contributed by atoms with Gasteiger partial charge in [-0.2, -0.15) is 0 Å². The molecule has 6 rings (SSSR count). The Balaban J connectivity index is 1.21. The number of halogens is 1. The summed E-state index contributed by atoms with van der Waals surface area (Å²) in [5.74, 6) is -1.33. The lowest BCUT2D eigenvalue weighted by atomic mass is 9.77. The molecule has 2 saturated heterocycles. The summed E-state index contributed by atoms with van der Waals surface area (Å²) in [5, 5.41) is 4.54. The van der Waals surface area contributed by atoms with Crippen LogP contribution in [0.4, 0.5) is 5.69 Å². The summed E-state index contributed by atoms with van der Waals surface area (Å²) in [6, 6.07) is 15.2. The van der Waals surface area contributed by atoms with E-state index in [4.69, 9.17) is 16.3 Å². The predicted molar refractivity (Wildman–Crippen MR) is 122 cm³/mol. The molecule has 3 unspecified atom stereocenters. The molecule has 2 fully saturated rings. The molecule has 3 aliphatic heterocycles. The number of aromatic nitrogens is 1. The first kappa shape index (κ1) is 19.6. The van der Waals surface area contributed by atoms with Crippen molar-refractivity contribution in [2.24, 2.45) is 11.8 Å². The third kappa shape index (κ3) is 2.90. The number of hydrogen-bond acceptors (Lipinski definition) is 3. The molecule has 3 aliphatic rings. The molecule has 1 spiro atoms. The van der Waals surface area contributed by atoms with E-state index in [-0.39, 0.29) is 17.9 Å². The maximum atomic E-state index is 13.4. The van der Waals surface area contributed by atoms with Gasteiger partial charge in [-0.25, -0.2) is 0 Å². The van der Waals surface area contributed by atoms with E-state index in [0.29, 0.717) is 23.8 Å². The normalized spacial score (nSPS) is 28.0. The largest absolute Gasteiger partial charge is 0.361 e. The number of hydrogen-bond donors (Lipinski definition) is 2. The highest BCUT2D eigenvalue weighted by Crippen LogP contribution is 2.52. The average Bonchev–Trinajstić information content (AvgIpc) is 3.54. The van der Waals surface area contributed by atoms with Gasteiger partial charge in [0.05, 0.1) is 35.2 Å². The molecule has 1 aromatic heterocycles. The van der Waals surface area contributed by atoms with Crippen molar-refractivity contribution in [2.75, 3.05) is 18.4 Å². The van der Waals surface area contributed by atoms with Gasteiger partial charge < -0.3 is 19.9 Å². The van der Waals surface area contributed by atoms with Crippen molar-refractivity contribution in [3.8, 4) is 0 Å². The summed E-state index contributed by atoms with van der Waals surface area (Å²) < 4.78 is 6.22. The van der Waals surface area contributed by atoms with Gasteiger partial charge in [0.1, 0.15) is 5.60 Å². The number of para-hydroxylation sites is 2. The number of carbonyl (C=O) groups excluding carboxylic acids is 2. The molecule has 4 atom stereocenters. The highest BCUT2D eigenvalue weighted by molar-refractivity contribution is 6.33. The number of carbonyl (C=O) groups is 2. The van der Waals surface area contributed by atoms with Gasteiger partial charge in [-0.15, -0.1) is 0 Å². The molecule has 6 nitrogen and oxygen atoms in total. The number of benzene rings is 2. The van der Waals surface area contributed by atoms with E-state index in [1.165, 1.54) is 10.9 Å². The standard InChI is InChI=1S/C25H22ClN3O3/c26-17-6-2-4-8-19(17)28-23(30)21-20-9-11-25(32-20)14-29(24(31)22(21)25)12-10-15-13-27-18-7-3-1-5-16(15)18/h1-9,11,13,20-22,27H,10,12,14H2,(H,28,30)/t20-,21?,22?,25?/m1/s1. The van der Waals surface area contributed by atoms with Crippen LogP contribution in [0.25, 0.3) is 10.9 Å². The van der Waals surface area contributed by atoms with Gasteiger partial charge in [-0.3, -0.25) is 9.59 Å². The highest BCUT2D eigenvalue weighted by atomic mass is 35.5. The van der Waals surface area contributed by atoms with Crippen molar-refractivity contribution in [2.45, 2.75) is 18.1 Å². The number of ether oxygens (including phenoxy) is 1. The zero-order chi connectivity index (χ0) is 21.9. The Bertz CT molecular complexity index is 1270. The number of nitrogens with zero attached hydrogens (tertiary/aromatic N) is 1. The third-order valence-corrected chi connectivity index (χ3v) is 7.27. The molecule has 32 heavy (non-hydrogen) atoms. The van der Waals surface area contributed by atoms with Crippen LogP contribution in [-0.2, 0) is 20.7 Å².